The molecule has 0 unspecified atom stereocenters. The highest BCUT2D eigenvalue weighted by atomic mass is 35.5. The van der Waals surface area contributed by atoms with Gasteiger partial charge >= 0.3 is 0 Å². The molecular formula is C16H16ClNO2. The van der Waals surface area contributed by atoms with Crippen molar-refractivity contribution < 1.29 is 9.90 Å². The molecular weight excluding hydrogens is 274 g/mol. The van der Waals surface area contributed by atoms with E-state index in [1.54, 1.807) is 4.90 Å². The van der Waals surface area contributed by atoms with Crippen LogP contribution in [0.3, 0.4) is 0 Å². The Morgan fingerprint density at radius 3 is 2.65 bits per heavy atom. The Balaban J connectivity index is 2.41. The van der Waals surface area contributed by atoms with Crippen LogP contribution in [0.2, 0.25) is 5.02 Å². The maximum absolute atomic E-state index is 12.6. The van der Waals surface area contributed by atoms with E-state index >= 15 is 0 Å². The number of carbonyl (C=O) groups is 1. The molecule has 0 spiro atoms. The maximum atomic E-state index is 12.6. The Morgan fingerprint density at radius 1 is 1.25 bits per heavy atom. The Labute approximate surface area is 123 Å². The molecule has 0 fully saturated rings. The number of phenols is 1. The summed E-state index contributed by atoms with van der Waals surface area (Å²) in [6, 6.07) is 12.1. The van der Waals surface area contributed by atoms with E-state index in [9.17, 15) is 9.90 Å². The standard InChI is InChI=1S/C16H16ClNO2/c1-3-18(12-6-4-5-11(2)9-12)16(20)14-10-13(19)7-8-15(14)17/h4-10,19H,3H2,1-2H3. The molecule has 1 amide bonds. The van der Waals surface area contributed by atoms with Gasteiger partial charge in [0.05, 0.1) is 10.6 Å². The minimum Gasteiger partial charge on any atom is -0.508 e. The van der Waals surface area contributed by atoms with Crippen LogP contribution in [0.25, 0.3) is 0 Å². The second-order valence-corrected chi connectivity index (χ2v) is 4.96. The van der Waals surface area contributed by atoms with Gasteiger partial charge in [-0.1, -0.05) is 23.7 Å². The topological polar surface area (TPSA) is 40.5 Å². The van der Waals surface area contributed by atoms with Crippen LogP contribution in [-0.4, -0.2) is 17.6 Å². The van der Waals surface area contributed by atoms with Crippen molar-refractivity contribution in [3.05, 3.63) is 58.6 Å². The summed E-state index contributed by atoms with van der Waals surface area (Å²) >= 11 is 6.05. The Kier molecular flexibility index (Phi) is 4.30. The molecule has 4 heteroatoms. The lowest BCUT2D eigenvalue weighted by Gasteiger charge is -2.22. The number of anilines is 1. The molecule has 0 bridgehead atoms. The normalized spacial score (nSPS) is 10.3. The van der Waals surface area contributed by atoms with Gasteiger partial charge in [0.1, 0.15) is 5.75 Å². The molecule has 1 N–H and O–H groups in total. The van der Waals surface area contributed by atoms with E-state index in [0.717, 1.165) is 11.3 Å². The molecule has 2 aromatic rings. The van der Waals surface area contributed by atoms with Crippen molar-refractivity contribution in [3.8, 4) is 5.75 Å². The molecule has 104 valence electrons. The van der Waals surface area contributed by atoms with Gasteiger partial charge in [-0.25, -0.2) is 0 Å². The van der Waals surface area contributed by atoms with E-state index < -0.39 is 0 Å². The van der Waals surface area contributed by atoms with Crippen LogP contribution in [-0.2, 0) is 0 Å². The fourth-order valence-electron chi connectivity index (χ4n) is 2.06. The van der Waals surface area contributed by atoms with Gasteiger partial charge < -0.3 is 10.0 Å². The largest absolute Gasteiger partial charge is 0.508 e. The molecule has 2 rings (SSSR count). The van der Waals surface area contributed by atoms with Crippen molar-refractivity contribution in [2.24, 2.45) is 0 Å². The number of rotatable bonds is 3. The van der Waals surface area contributed by atoms with E-state index in [1.165, 1.54) is 18.2 Å². The first kappa shape index (κ1) is 14.4. The van der Waals surface area contributed by atoms with Crippen LogP contribution >= 0.6 is 11.6 Å². The molecule has 0 heterocycles. The molecule has 3 nitrogen and oxygen atoms in total. The first-order valence-corrected chi connectivity index (χ1v) is 6.77. The van der Waals surface area contributed by atoms with E-state index in [2.05, 4.69) is 0 Å². The van der Waals surface area contributed by atoms with Gasteiger partial charge in [0, 0.05) is 12.2 Å². The average Bonchev–Trinajstić information content (AvgIpc) is 2.42. The van der Waals surface area contributed by atoms with Crippen LogP contribution < -0.4 is 4.90 Å². The van der Waals surface area contributed by atoms with Crippen LogP contribution in [0.4, 0.5) is 5.69 Å². The monoisotopic (exact) mass is 289 g/mol. The molecule has 0 aliphatic carbocycles. The summed E-state index contributed by atoms with van der Waals surface area (Å²) < 4.78 is 0. The molecule has 0 saturated carbocycles. The van der Waals surface area contributed by atoms with Gasteiger partial charge in [-0.15, -0.1) is 0 Å². The minimum absolute atomic E-state index is 0.0260. The first-order chi connectivity index (χ1) is 9.52. The van der Waals surface area contributed by atoms with Crippen molar-refractivity contribution in [2.75, 3.05) is 11.4 Å². The van der Waals surface area contributed by atoms with Crippen LogP contribution in [0.1, 0.15) is 22.8 Å². The van der Waals surface area contributed by atoms with Crippen LogP contribution in [0.5, 0.6) is 5.75 Å². The number of phenolic OH excluding ortho intramolecular Hbond substituents is 1. The summed E-state index contributed by atoms with van der Waals surface area (Å²) in [7, 11) is 0. The molecule has 0 atom stereocenters. The lowest BCUT2D eigenvalue weighted by Crippen LogP contribution is -2.30. The Hall–Kier alpha value is -2.00. The minimum atomic E-state index is -0.223. The van der Waals surface area contributed by atoms with Gasteiger partial charge in [-0.3, -0.25) is 4.79 Å². The number of aryl methyl sites for hydroxylation is 1. The molecule has 0 aliphatic heterocycles. The van der Waals surface area contributed by atoms with E-state index in [-0.39, 0.29) is 11.7 Å². The lowest BCUT2D eigenvalue weighted by atomic mass is 10.1. The molecule has 0 saturated heterocycles. The van der Waals surface area contributed by atoms with Crippen molar-refractivity contribution in [2.45, 2.75) is 13.8 Å². The average molecular weight is 290 g/mol. The Morgan fingerprint density at radius 2 is 2.00 bits per heavy atom. The predicted molar refractivity (Wildman–Crippen MR) is 81.6 cm³/mol. The Bertz CT molecular complexity index is 640. The number of carbonyl (C=O) groups excluding carboxylic acids is 1. The summed E-state index contributed by atoms with van der Waals surface area (Å²) in [5.41, 5.74) is 2.20. The lowest BCUT2D eigenvalue weighted by molar-refractivity contribution is 0.0988. The second-order valence-electron chi connectivity index (χ2n) is 4.55. The number of hydrogen-bond acceptors (Lipinski definition) is 2. The zero-order valence-electron chi connectivity index (χ0n) is 11.4. The molecule has 0 aliphatic rings. The highest BCUT2D eigenvalue weighted by Crippen LogP contribution is 2.25. The summed E-state index contributed by atoms with van der Waals surface area (Å²) in [5, 5.41) is 9.86. The third-order valence-corrected chi connectivity index (χ3v) is 3.38. The number of benzene rings is 2. The fraction of sp³-hybridized carbons (Fsp3) is 0.188. The quantitative estimate of drug-likeness (QED) is 0.927. The second kappa shape index (κ2) is 5.97. The highest BCUT2D eigenvalue weighted by Gasteiger charge is 2.19. The van der Waals surface area contributed by atoms with E-state index in [0.29, 0.717) is 17.1 Å². The van der Waals surface area contributed by atoms with E-state index in [4.69, 9.17) is 11.6 Å². The van der Waals surface area contributed by atoms with Crippen molar-refractivity contribution in [3.63, 3.8) is 0 Å². The first-order valence-electron chi connectivity index (χ1n) is 6.40. The third kappa shape index (κ3) is 2.94. The zero-order chi connectivity index (χ0) is 14.7. The number of nitrogens with zero attached hydrogens (tertiary/aromatic N) is 1. The van der Waals surface area contributed by atoms with Gasteiger partial charge in [-0.2, -0.15) is 0 Å². The summed E-state index contributed by atoms with van der Waals surface area (Å²) in [4.78, 5) is 14.2. The van der Waals surface area contributed by atoms with Gasteiger partial charge in [-0.05, 0) is 49.7 Å². The van der Waals surface area contributed by atoms with Gasteiger partial charge in [0.2, 0.25) is 0 Å². The number of amides is 1. The summed E-state index contributed by atoms with van der Waals surface area (Å²) in [5.74, 6) is -0.197. The summed E-state index contributed by atoms with van der Waals surface area (Å²) in [6.45, 7) is 4.40. The van der Waals surface area contributed by atoms with Crippen LogP contribution in [0.15, 0.2) is 42.5 Å². The van der Waals surface area contributed by atoms with Crippen molar-refractivity contribution in [1.29, 1.82) is 0 Å². The molecule has 0 radical (unpaired) electrons. The molecule has 20 heavy (non-hydrogen) atoms. The molecule has 0 aromatic heterocycles. The van der Waals surface area contributed by atoms with Gasteiger partial charge in [0.15, 0.2) is 0 Å². The van der Waals surface area contributed by atoms with Crippen molar-refractivity contribution in [1.82, 2.24) is 0 Å². The zero-order valence-corrected chi connectivity index (χ0v) is 12.2. The number of halogens is 1. The smallest absolute Gasteiger partial charge is 0.259 e. The summed E-state index contributed by atoms with van der Waals surface area (Å²) in [6.07, 6.45) is 0. The van der Waals surface area contributed by atoms with Crippen molar-refractivity contribution >= 4 is 23.2 Å². The van der Waals surface area contributed by atoms with Gasteiger partial charge in [0.25, 0.3) is 5.91 Å². The fourth-order valence-corrected chi connectivity index (χ4v) is 2.26. The highest BCUT2D eigenvalue weighted by molar-refractivity contribution is 6.34. The maximum Gasteiger partial charge on any atom is 0.259 e. The SMILES string of the molecule is CCN(C(=O)c1cc(O)ccc1Cl)c1cccc(C)c1. The third-order valence-electron chi connectivity index (χ3n) is 3.06. The number of aromatic hydroxyl groups is 1. The predicted octanol–water partition coefficient (Wildman–Crippen LogP) is 4.02. The molecule has 2 aromatic carbocycles. The van der Waals surface area contributed by atoms with Crippen LogP contribution in [0, 0.1) is 6.92 Å². The van der Waals surface area contributed by atoms with E-state index in [1.807, 2.05) is 38.1 Å². The number of hydrogen-bond donors (Lipinski definition) is 1.